The molecule has 3 nitrogen and oxygen atoms in total. The maximum absolute atomic E-state index is 13.3. The summed E-state index contributed by atoms with van der Waals surface area (Å²) in [6.45, 7) is 3.95. The first-order valence-electron chi connectivity index (χ1n) is 5.06. The molecule has 0 aliphatic heterocycles. The Kier molecular flexibility index (Phi) is 4.37. The van der Waals surface area contributed by atoms with Gasteiger partial charge in [-0.05, 0) is 42.0 Å². The van der Waals surface area contributed by atoms with E-state index in [0.717, 1.165) is 0 Å². The van der Waals surface area contributed by atoms with Crippen molar-refractivity contribution < 1.29 is 9.50 Å². The SMILES string of the molecule is CCC(C)(O)CNc1cc(F)c(I)cc1N. The van der Waals surface area contributed by atoms with E-state index in [4.69, 9.17) is 5.73 Å². The first-order valence-corrected chi connectivity index (χ1v) is 6.14. The van der Waals surface area contributed by atoms with Crippen molar-refractivity contribution in [3.8, 4) is 0 Å². The van der Waals surface area contributed by atoms with Crippen molar-refractivity contribution in [2.24, 2.45) is 0 Å². The highest BCUT2D eigenvalue weighted by molar-refractivity contribution is 14.1. The molecule has 0 amide bonds. The summed E-state index contributed by atoms with van der Waals surface area (Å²) in [4.78, 5) is 0. The zero-order valence-corrected chi connectivity index (χ0v) is 11.5. The largest absolute Gasteiger partial charge is 0.397 e. The van der Waals surface area contributed by atoms with Gasteiger partial charge in [-0.3, -0.25) is 0 Å². The van der Waals surface area contributed by atoms with Crippen LogP contribution in [-0.4, -0.2) is 17.3 Å². The summed E-state index contributed by atoms with van der Waals surface area (Å²) >= 11 is 1.89. The quantitative estimate of drug-likeness (QED) is 0.584. The monoisotopic (exact) mass is 338 g/mol. The average molecular weight is 338 g/mol. The summed E-state index contributed by atoms with van der Waals surface area (Å²) in [7, 11) is 0. The maximum atomic E-state index is 13.3. The van der Waals surface area contributed by atoms with Crippen LogP contribution in [-0.2, 0) is 0 Å². The van der Waals surface area contributed by atoms with Gasteiger partial charge in [0.2, 0.25) is 0 Å². The Bertz CT molecular complexity index is 382. The molecule has 16 heavy (non-hydrogen) atoms. The lowest BCUT2D eigenvalue weighted by atomic mass is 10.0. The molecule has 0 heterocycles. The summed E-state index contributed by atoms with van der Waals surface area (Å²) in [5.41, 5.74) is 5.94. The number of benzene rings is 1. The molecule has 0 saturated heterocycles. The van der Waals surface area contributed by atoms with Crippen LogP contribution in [0.15, 0.2) is 12.1 Å². The van der Waals surface area contributed by atoms with E-state index < -0.39 is 5.60 Å². The molecule has 0 saturated carbocycles. The van der Waals surface area contributed by atoms with Crippen LogP contribution in [0.3, 0.4) is 0 Å². The molecule has 0 aromatic heterocycles. The fourth-order valence-electron chi connectivity index (χ4n) is 1.13. The third-order valence-electron chi connectivity index (χ3n) is 2.51. The minimum Gasteiger partial charge on any atom is -0.397 e. The zero-order chi connectivity index (χ0) is 12.3. The number of aliphatic hydroxyl groups is 1. The fourth-order valence-corrected chi connectivity index (χ4v) is 1.62. The lowest BCUT2D eigenvalue weighted by Gasteiger charge is -2.23. The first kappa shape index (κ1) is 13.5. The summed E-state index contributed by atoms with van der Waals surface area (Å²) in [5.74, 6) is -0.312. The Balaban J connectivity index is 2.79. The van der Waals surface area contributed by atoms with E-state index in [1.54, 1.807) is 13.0 Å². The molecule has 0 radical (unpaired) electrons. The number of nitrogens with one attached hydrogen (secondary N) is 1. The van der Waals surface area contributed by atoms with Crippen LogP contribution in [0.5, 0.6) is 0 Å². The van der Waals surface area contributed by atoms with Crippen molar-refractivity contribution in [3.05, 3.63) is 21.5 Å². The molecule has 0 bridgehead atoms. The van der Waals surface area contributed by atoms with Crippen LogP contribution in [0.25, 0.3) is 0 Å². The van der Waals surface area contributed by atoms with Gasteiger partial charge < -0.3 is 16.2 Å². The van der Waals surface area contributed by atoms with E-state index in [1.807, 2.05) is 29.5 Å². The first-order chi connectivity index (χ1) is 7.35. The maximum Gasteiger partial charge on any atom is 0.138 e. The van der Waals surface area contributed by atoms with Gasteiger partial charge in [0.05, 0.1) is 20.5 Å². The number of hydrogen-bond acceptors (Lipinski definition) is 3. The van der Waals surface area contributed by atoms with Crippen LogP contribution in [0.1, 0.15) is 20.3 Å². The summed E-state index contributed by atoms with van der Waals surface area (Å²) < 4.78 is 13.8. The Hall–Kier alpha value is -0.560. The molecule has 4 N–H and O–H groups in total. The summed E-state index contributed by atoms with van der Waals surface area (Å²) in [6.07, 6.45) is 0.618. The van der Waals surface area contributed by atoms with Crippen LogP contribution < -0.4 is 11.1 Å². The molecule has 1 unspecified atom stereocenters. The van der Waals surface area contributed by atoms with Crippen molar-refractivity contribution in [3.63, 3.8) is 0 Å². The average Bonchev–Trinajstić information content (AvgIpc) is 2.22. The predicted molar refractivity (Wildman–Crippen MR) is 72.9 cm³/mol. The zero-order valence-electron chi connectivity index (χ0n) is 9.35. The molecular weight excluding hydrogens is 322 g/mol. The van der Waals surface area contributed by atoms with E-state index >= 15 is 0 Å². The molecule has 1 aromatic rings. The van der Waals surface area contributed by atoms with Crippen molar-refractivity contribution in [1.29, 1.82) is 0 Å². The van der Waals surface area contributed by atoms with Crippen molar-refractivity contribution in [1.82, 2.24) is 0 Å². The molecule has 1 atom stereocenters. The number of nitrogens with two attached hydrogens (primary N) is 1. The van der Waals surface area contributed by atoms with Gasteiger partial charge in [-0.25, -0.2) is 4.39 Å². The highest BCUT2D eigenvalue weighted by atomic mass is 127. The van der Waals surface area contributed by atoms with Gasteiger partial charge in [0.15, 0.2) is 0 Å². The third kappa shape index (κ3) is 3.48. The molecule has 0 aliphatic rings. The third-order valence-corrected chi connectivity index (χ3v) is 3.34. The van der Waals surface area contributed by atoms with Crippen LogP contribution in [0, 0.1) is 9.39 Å². The van der Waals surface area contributed by atoms with E-state index in [0.29, 0.717) is 27.9 Å². The lowest BCUT2D eigenvalue weighted by molar-refractivity contribution is 0.0697. The molecule has 90 valence electrons. The second-order valence-electron chi connectivity index (χ2n) is 4.06. The Morgan fingerprint density at radius 2 is 2.19 bits per heavy atom. The second-order valence-corrected chi connectivity index (χ2v) is 5.22. The number of nitrogen functional groups attached to an aromatic ring is 1. The molecule has 5 heteroatoms. The van der Waals surface area contributed by atoms with Crippen LogP contribution >= 0.6 is 22.6 Å². The van der Waals surface area contributed by atoms with E-state index in [-0.39, 0.29) is 5.82 Å². The minimum atomic E-state index is -0.814. The Labute approximate surface area is 108 Å². The van der Waals surface area contributed by atoms with Crippen molar-refractivity contribution in [2.45, 2.75) is 25.9 Å². The number of anilines is 2. The van der Waals surface area contributed by atoms with E-state index in [2.05, 4.69) is 5.32 Å². The minimum absolute atomic E-state index is 0.312. The summed E-state index contributed by atoms with van der Waals surface area (Å²) in [6, 6.07) is 2.92. The number of hydrogen-bond donors (Lipinski definition) is 3. The van der Waals surface area contributed by atoms with Gasteiger partial charge >= 0.3 is 0 Å². The highest BCUT2D eigenvalue weighted by Gasteiger charge is 2.17. The number of rotatable bonds is 4. The topological polar surface area (TPSA) is 58.3 Å². The Morgan fingerprint density at radius 1 is 1.56 bits per heavy atom. The van der Waals surface area contributed by atoms with Crippen molar-refractivity contribution in [2.75, 3.05) is 17.6 Å². The van der Waals surface area contributed by atoms with Gasteiger partial charge in [0.1, 0.15) is 5.82 Å². The fraction of sp³-hybridized carbons (Fsp3) is 0.455. The highest BCUT2D eigenvalue weighted by Crippen LogP contribution is 2.24. The van der Waals surface area contributed by atoms with Crippen molar-refractivity contribution >= 4 is 34.0 Å². The smallest absolute Gasteiger partial charge is 0.138 e. The van der Waals surface area contributed by atoms with E-state index in [1.165, 1.54) is 6.07 Å². The molecule has 0 spiro atoms. The van der Waals surface area contributed by atoms with Crippen LogP contribution in [0.4, 0.5) is 15.8 Å². The second kappa shape index (κ2) is 5.18. The molecule has 0 fully saturated rings. The lowest BCUT2D eigenvalue weighted by Crippen LogP contribution is -2.32. The number of halogens is 2. The molecule has 0 aliphatic carbocycles. The molecule has 1 rings (SSSR count). The Morgan fingerprint density at radius 3 is 2.75 bits per heavy atom. The van der Waals surface area contributed by atoms with Gasteiger partial charge in [-0.2, -0.15) is 0 Å². The van der Waals surface area contributed by atoms with E-state index in [9.17, 15) is 9.50 Å². The molecular formula is C11H16FIN2O. The van der Waals surface area contributed by atoms with Gasteiger partial charge in [0.25, 0.3) is 0 Å². The van der Waals surface area contributed by atoms with Gasteiger partial charge in [-0.1, -0.05) is 6.92 Å². The summed E-state index contributed by atoms with van der Waals surface area (Å²) in [5, 5.41) is 12.8. The van der Waals surface area contributed by atoms with Gasteiger partial charge in [0, 0.05) is 12.6 Å². The normalized spacial score (nSPS) is 14.6. The van der Waals surface area contributed by atoms with Crippen LogP contribution in [0.2, 0.25) is 0 Å². The predicted octanol–water partition coefficient (Wildman–Crippen LogP) is 2.59. The standard InChI is InChI=1S/C11H16FIN2O/c1-3-11(2,16)6-15-10-4-7(12)8(13)5-9(10)14/h4-5,15-16H,3,6,14H2,1-2H3. The molecule has 1 aromatic carbocycles. The van der Waals surface area contributed by atoms with Gasteiger partial charge in [-0.15, -0.1) is 0 Å².